The molecule has 5 aromatic rings. The number of pyridine rings is 1. The molecule has 164 valence electrons. The molecule has 0 atom stereocenters. The van der Waals surface area contributed by atoms with Gasteiger partial charge in [0, 0.05) is 34.2 Å². The Morgan fingerprint density at radius 3 is 2.64 bits per heavy atom. The largest absolute Gasteiger partial charge is 0.489 e. The van der Waals surface area contributed by atoms with Gasteiger partial charge in [-0.25, -0.2) is 4.98 Å². The van der Waals surface area contributed by atoms with Crippen molar-refractivity contribution in [3.63, 3.8) is 0 Å². The summed E-state index contributed by atoms with van der Waals surface area (Å²) in [5.74, 6) is 1.58. The molecule has 6 nitrogen and oxygen atoms in total. The van der Waals surface area contributed by atoms with E-state index in [1.165, 1.54) is 0 Å². The molecule has 3 aromatic heterocycles. The highest BCUT2D eigenvalue weighted by Gasteiger charge is 2.13. The molecule has 3 heterocycles. The normalized spacial score (nSPS) is 11.0. The monoisotopic (exact) mass is 455 g/mol. The number of aromatic amines is 1. The fourth-order valence-corrected chi connectivity index (χ4v) is 3.81. The predicted octanol–water partition coefficient (Wildman–Crippen LogP) is 5.92. The van der Waals surface area contributed by atoms with Gasteiger partial charge in [0.15, 0.2) is 0 Å². The van der Waals surface area contributed by atoms with Gasteiger partial charge < -0.3 is 9.72 Å². The zero-order valence-electron chi connectivity index (χ0n) is 18.1. The first kappa shape index (κ1) is 21.0. The van der Waals surface area contributed by atoms with Crippen LogP contribution in [-0.4, -0.2) is 24.7 Å². The van der Waals surface area contributed by atoms with Gasteiger partial charge in [-0.3, -0.25) is 9.67 Å². The zero-order valence-corrected chi connectivity index (χ0v) is 18.8. The first-order valence-electron chi connectivity index (χ1n) is 10.6. The first-order chi connectivity index (χ1) is 16.2. The van der Waals surface area contributed by atoms with E-state index in [9.17, 15) is 0 Å². The van der Waals surface area contributed by atoms with Crippen molar-refractivity contribution in [2.75, 3.05) is 0 Å². The van der Waals surface area contributed by atoms with Crippen LogP contribution in [0.2, 0.25) is 5.02 Å². The highest BCUT2D eigenvalue weighted by Crippen LogP contribution is 2.27. The van der Waals surface area contributed by atoms with Crippen molar-refractivity contribution >= 4 is 11.6 Å². The average Bonchev–Trinajstić information content (AvgIpc) is 3.47. The number of imidazole rings is 1. The molecule has 5 rings (SSSR count). The van der Waals surface area contributed by atoms with Crippen molar-refractivity contribution in [2.45, 2.75) is 20.1 Å². The van der Waals surface area contributed by atoms with E-state index < -0.39 is 0 Å². The molecule has 2 aromatic carbocycles. The number of aromatic nitrogens is 5. The van der Waals surface area contributed by atoms with Crippen molar-refractivity contribution in [1.82, 2.24) is 24.7 Å². The van der Waals surface area contributed by atoms with E-state index in [-0.39, 0.29) is 0 Å². The van der Waals surface area contributed by atoms with Gasteiger partial charge >= 0.3 is 0 Å². The SMILES string of the molecule is Cc1cc(-c2cnc(-c3ccncc3)[nH]2)nn1Cc1cc(Cl)ccc1OCc1ccccc1. The van der Waals surface area contributed by atoms with Crippen LogP contribution < -0.4 is 4.74 Å². The number of nitrogens with one attached hydrogen (secondary N) is 1. The molecule has 33 heavy (non-hydrogen) atoms. The van der Waals surface area contributed by atoms with Gasteiger partial charge in [0.05, 0.1) is 18.4 Å². The topological polar surface area (TPSA) is 68.6 Å². The molecule has 1 N–H and O–H groups in total. The zero-order chi connectivity index (χ0) is 22.6. The highest BCUT2D eigenvalue weighted by molar-refractivity contribution is 6.30. The van der Waals surface area contributed by atoms with E-state index in [2.05, 4.69) is 15.0 Å². The molecule has 0 aliphatic rings. The Morgan fingerprint density at radius 2 is 1.82 bits per heavy atom. The Morgan fingerprint density at radius 1 is 1.00 bits per heavy atom. The summed E-state index contributed by atoms with van der Waals surface area (Å²) in [6, 6.07) is 21.7. The van der Waals surface area contributed by atoms with Crippen LogP contribution in [-0.2, 0) is 13.2 Å². The van der Waals surface area contributed by atoms with Gasteiger partial charge in [-0.1, -0.05) is 41.9 Å². The van der Waals surface area contributed by atoms with Crippen molar-refractivity contribution < 1.29 is 4.74 Å². The minimum Gasteiger partial charge on any atom is -0.489 e. The van der Waals surface area contributed by atoms with Gasteiger partial charge in [-0.05, 0) is 48.9 Å². The maximum Gasteiger partial charge on any atom is 0.137 e. The van der Waals surface area contributed by atoms with Crippen LogP contribution in [0.25, 0.3) is 22.8 Å². The quantitative estimate of drug-likeness (QED) is 0.330. The summed E-state index contributed by atoms with van der Waals surface area (Å²) in [5.41, 5.74) is 5.77. The minimum absolute atomic E-state index is 0.491. The molecule has 0 unspecified atom stereocenters. The van der Waals surface area contributed by atoms with Crippen LogP contribution >= 0.6 is 11.6 Å². The van der Waals surface area contributed by atoms with Crippen LogP contribution in [0.1, 0.15) is 16.8 Å². The number of benzene rings is 2. The minimum atomic E-state index is 0.491. The lowest BCUT2D eigenvalue weighted by molar-refractivity contribution is 0.302. The Hall–Kier alpha value is -3.90. The number of aryl methyl sites for hydroxylation is 1. The Kier molecular flexibility index (Phi) is 5.91. The van der Waals surface area contributed by atoms with Crippen LogP contribution in [0.3, 0.4) is 0 Å². The second kappa shape index (κ2) is 9.30. The lowest BCUT2D eigenvalue weighted by Gasteiger charge is -2.13. The van der Waals surface area contributed by atoms with Gasteiger partial charge in [0.25, 0.3) is 0 Å². The maximum atomic E-state index is 6.30. The summed E-state index contributed by atoms with van der Waals surface area (Å²) in [5, 5.41) is 5.47. The third-order valence-electron chi connectivity index (χ3n) is 5.37. The average molecular weight is 456 g/mol. The molecular weight excluding hydrogens is 434 g/mol. The summed E-state index contributed by atoms with van der Waals surface area (Å²) in [6.07, 6.45) is 5.30. The Labute approximate surface area is 196 Å². The highest BCUT2D eigenvalue weighted by atomic mass is 35.5. The predicted molar refractivity (Wildman–Crippen MR) is 129 cm³/mol. The number of hydrogen-bond acceptors (Lipinski definition) is 4. The van der Waals surface area contributed by atoms with Crippen LogP contribution in [0, 0.1) is 6.92 Å². The number of halogens is 1. The third kappa shape index (κ3) is 4.81. The van der Waals surface area contributed by atoms with Gasteiger partial charge in [-0.15, -0.1) is 0 Å². The van der Waals surface area contributed by atoms with Gasteiger partial charge in [-0.2, -0.15) is 5.10 Å². The van der Waals surface area contributed by atoms with Crippen molar-refractivity contribution in [2.24, 2.45) is 0 Å². The summed E-state index contributed by atoms with van der Waals surface area (Å²) in [4.78, 5) is 11.9. The molecule has 0 saturated heterocycles. The lowest BCUT2D eigenvalue weighted by Crippen LogP contribution is -2.06. The number of ether oxygens (including phenoxy) is 1. The standard InChI is InChI=1S/C26H22ClN5O/c1-18-13-23(24-15-29-26(30-24)20-9-11-28-12-10-20)31-32(18)16-21-14-22(27)7-8-25(21)33-17-19-5-3-2-4-6-19/h2-15H,16-17H2,1H3,(H,29,30). The second-order valence-electron chi connectivity index (χ2n) is 7.74. The van der Waals surface area contributed by atoms with E-state index >= 15 is 0 Å². The van der Waals surface area contributed by atoms with E-state index in [0.717, 1.165) is 45.3 Å². The number of rotatable bonds is 7. The van der Waals surface area contributed by atoms with E-state index in [1.807, 2.05) is 78.3 Å². The summed E-state index contributed by atoms with van der Waals surface area (Å²) >= 11 is 6.30. The van der Waals surface area contributed by atoms with Crippen LogP contribution in [0.15, 0.2) is 85.3 Å². The summed E-state index contributed by atoms with van der Waals surface area (Å²) < 4.78 is 8.06. The molecule has 7 heteroatoms. The number of hydrogen-bond donors (Lipinski definition) is 1. The lowest BCUT2D eigenvalue weighted by atomic mass is 10.2. The van der Waals surface area contributed by atoms with Gasteiger partial charge in [0.1, 0.15) is 23.9 Å². The molecular formula is C26H22ClN5O. The smallest absolute Gasteiger partial charge is 0.137 e. The molecule has 0 saturated carbocycles. The first-order valence-corrected chi connectivity index (χ1v) is 11.0. The molecule has 0 bridgehead atoms. The van der Waals surface area contributed by atoms with Gasteiger partial charge in [0.2, 0.25) is 0 Å². The molecule has 0 spiro atoms. The van der Waals surface area contributed by atoms with E-state index in [1.54, 1.807) is 18.6 Å². The maximum absolute atomic E-state index is 6.30. The van der Waals surface area contributed by atoms with Crippen molar-refractivity contribution in [1.29, 1.82) is 0 Å². The van der Waals surface area contributed by atoms with Crippen molar-refractivity contribution in [3.8, 4) is 28.5 Å². The van der Waals surface area contributed by atoms with Crippen molar-refractivity contribution in [3.05, 3.63) is 107 Å². The van der Waals surface area contributed by atoms with Crippen LogP contribution in [0.4, 0.5) is 0 Å². The Bertz CT molecular complexity index is 1360. The third-order valence-corrected chi connectivity index (χ3v) is 5.60. The molecule has 0 aliphatic carbocycles. The summed E-state index contributed by atoms with van der Waals surface area (Å²) in [7, 11) is 0. The van der Waals surface area contributed by atoms with E-state index in [4.69, 9.17) is 21.4 Å². The second-order valence-corrected chi connectivity index (χ2v) is 8.17. The molecule has 0 fully saturated rings. The van der Waals surface area contributed by atoms with Crippen LogP contribution in [0.5, 0.6) is 5.75 Å². The fourth-order valence-electron chi connectivity index (χ4n) is 3.62. The molecule has 0 aliphatic heterocycles. The fraction of sp³-hybridized carbons (Fsp3) is 0.115. The Balaban J connectivity index is 1.37. The molecule has 0 amide bonds. The summed E-state index contributed by atoms with van der Waals surface area (Å²) in [6.45, 7) is 3.07. The van der Waals surface area contributed by atoms with E-state index in [0.29, 0.717) is 18.2 Å². The molecule has 0 radical (unpaired) electrons. The number of nitrogens with zero attached hydrogens (tertiary/aromatic N) is 4. The number of H-pyrrole nitrogens is 1.